The third-order valence-electron chi connectivity index (χ3n) is 6.41. The smallest absolute Gasteiger partial charge is 0.226 e. The number of rotatable bonds is 6. The van der Waals surface area contributed by atoms with Gasteiger partial charge in [0.2, 0.25) is 5.28 Å². The molecule has 0 radical (unpaired) electrons. The van der Waals surface area contributed by atoms with Crippen LogP contribution in [0.5, 0.6) is 11.5 Å². The molecule has 1 saturated carbocycles. The van der Waals surface area contributed by atoms with Crippen molar-refractivity contribution in [3.8, 4) is 11.5 Å². The maximum atomic E-state index is 11.1. The third-order valence-corrected chi connectivity index (χ3v) is 6.58. The molecule has 5 rings (SSSR count). The second-order valence-corrected chi connectivity index (χ2v) is 8.87. The van der Waals surface area contributed by atoms with Gasteiger partial charge in [-0.25, -0.2) is 4.98 Å². The molecule has 1 fully saturated rings. The largest absolute Gasteiger partial charge is 0.508 e. The average Bonchev–Trinajstić information content (AvgIpc) is 3.40. The van der Waals surface area contributed by atoms with Gasteiger partial charge in [-0.05, 0) is 66.3 Å². The van der Waals surface area contributed by atoms with Crippen LogP contribution in [0.15, 0.2) is 54.9 Å². The molecule has 0 aliphatic heterocycles. The topological polar surface area (TPSA) is 137 Å². The van der Waals surface area contributed by atoms with Gasteiger partial charge in [0.25, 0.3) is 0 Å². The van der Waals surface area contributed by atoms with Crippen LogP contribution in [-0.2, 0) is 5.72 Å². The van der Waals surface area contributed by atoms with Crippen molar-refractivity contribution in [2.24, 2.45) is 0 Å². The highest BCUT2D eigenvalue weighted by atomic mass is 35.5. The summed E-state index contributed by atoms with van der Waals surface area (Å²) >= 11 is 6.22. The maximum absolute atomic E-state index is 11.1. The van der Waals surface area contributed by atoms with Gasteiger partial charge in [0.1, 0.15) is 17.6 Å². The number of halogens is 1. The van der Waals surface area contributed by atoms with Crippen molar-refractivity contribution in [1.29, 1.82) is 0 Å². The first-order chi connectivity index (χ1) is 16.3. The van der Waals surface area contributed by atoms with Crippen LogP contribution in [0.2, 0.25) is 5.28 Å². The van der Waals surface area contributed by atoms with Crippen molar-refractivity contribution in [3.05, 3.63) is 71.3 Å². The quantitative estimate of drug-likeness (QED) is 0.264. The monoisotopic (exact) mass is 481 g/mol. The zero-order valence-corrected chi connectivity index (χ0v) is 18.9. The zero-order valence-electron chi connectivity index (χ0n) is 18.1. The first kappa shape index (κ1) is 22.4. The Morgan fingerprint density at radius 2 is 1.65 bits per heavy atom. The molecule has 9 nitrogen and oxygen atoms in total. The summed E-state index contributed by atoms with van der Waals surface area (Å²) in [5.74, 6) is 0.589. The summed E-state index contributed by atoms with van der Waals surface area (Å²) in [6, 6.07) is 13.8. The molecule has 2 heterocycles. The predicted molar refractivity (Wildman–Crippen MR) is 127 cm³/mol. The van der Waals surface area contributed by atoms with E-state index in [2.05, 4.69) is 20.3 Å². The lowest BCUT2D eigenvalue weighted by Gasteiger charge is -2.28. The summed E-state index contributed by atoms with van der Waals surface area (Å²) in [6.07, 6.45) is 2.08. The Kier molecular flexibility index (Phi) is 5.76. The van der Waals surface area contributed by atoms with Crippen LogP contribution < -0.4 is 5.32 Å². The minimum Gasteiger partial charge on any atom is -0.508 e. The standard InChI is InChI=1S/C24H24ClN5O4/c25-23-28-21(20-22(29-23)30(13-27-20)24(34)11-1-2-19(24)33)26-12-18(14-3-7-16(31)8-4-14)15-5-9-17(32)10-6-15/h3-10,13,18-19,31-34H,1-2,11-12H2,(H,26,28,29). The minimum absolute atomic E-state index is 0.0151. The van der Waals surface area contributed by atoms with Gasteiger partial charge >= 0.3 is 0 Å². The van der Waals surface area contributed by atoms with Crippen LogP contribution in [0, 0.1) is 0 Å². The number of nitrogens with zero attached hydrogens (tertiary/aromatic N) is 4. The molecule has 2 atom stereocenters. The van der Waals surface area contributed by atoms with Gasteiger partial charge in [0.05, 0.1) is 6.33 Å². The fourth-order valence-electron chi connectivity index (χ4n) is 4.55. The molecule has 0 spiro atoms. The van der Waals surface area contributed by atoms with Crippen molar-refractivity contribution in [3.63, 3.8) is 0 Å². The van der Waals surface area contributed by atoms with E-state index in [1.165, 1.54) is 10.9 Å². The summed E-state index contributed by atoms with van der Waals surface area (Å²) in [6.45, 7) is 0.401. The molecule has 10 heteroatoms. The van der Waals surface area contributed by atoms with Crippen LogP contribution in [0.1, 0.15) is 36.3 Å². The van der Waals surface area contributed by atoms with Gasteiger partial charge in [-0.1, -0.05) is 24.3 Å². The number of phenolic OH excluding ortho intramolecular Hbond substituents is 2. The lowest BCUT2D eigenvalue weighted by Crippen LogP contribution is -2.40. The number of anilines is 1. The fraction of sp³-hybridized carbons (Fsp3) is 0.292. The van der Waals surface area contributed by atoms with E-state index in [-0.39, 0.29) is 22.7 Å². The molecule has 1 aliphatic carbocycles. The Bertz CT molecular complexity index is 1270. The van der Waals surface area contributed by atoms with Crippen LogP contribution in [0.25, 0.3) is 11.2 Å². The van der Waals surface area contributed by atoms with Crippen molar-refractivity contribution in [1.82, 2.24) is 19.5 Å². The van der Waals surface area contributed by atoms with E-state index < -0.39 is 11.8 Å². The first-order valence-corrected chi connectivity index (χ1v) is 11.4. The van der Waals surface area contributed by atoms with Crippen molar-refractivity contribution in [2.75, 3.05) is 11.9 Å². The third kappa shape index (κ3) is 4.02. The van der Waals surface area contributed by atoms with Gasteiger partial charge in [0.15, 0.2) is 22.7 Å². The highest BCUT2D eigenvalue weighted by Gasteiger charge is 2.43. The SMILES string of the molecule is Oc1ccc(C(CNc2nc(Cl)nc3c2ncn3C2(O)CCCC2O)c2ccc(O)cc2)cc1. The van der Waals surface area contributed by atoms with Crippen LogP contribution >= 0.6 is 11.6 Å². The molecular formula is C24H24ClN5O4. The number of phenols is 2. The molecule has 2 aromatic heterocycles. The molecule has 0 bridgehead atoms. The van der Waals surface area contributed by atoms with Gasteiger partial charge in [-0.2, -0.15) is 9.97 Å². The van der Waals surface area contributed by atoms with Gasteiger partial charge in [-0.3, -0.25) is 4.57 Å². The number of hydrogen-bond donors (Lipinski definition) is 5. The van der Waals surface area contributed by atoms with E-state index in [0.717, 1.165) is 11.1 Å². The number of hydrogen-bond acceptors (Lipinski definition) is 8. The molecule has 4 aromatic rings. The Labute approximate surface area is 200 Å². The average molecular weight is 482 g/mol. The molecular weight excluding hydrogens is 458 g/mol. The van der Waals surface area contributed by atoms with Crippen molar-refractivity contribution in [2.45, 2.75) is 37.0 Å². The number of benzene rings is 2. The van der Waals surface area contributed by atoms with Gasteiger partial charge in [-0.15, -0.1) is 0 Å². The summed E-state index contributed by atoms with van der Waals surface area (Å²) < 4.78 is 1.47. The number of aromatic hydroxyl groups is 2. The van der Waals surface area contributed by atoms with E-state index in [4.69, 9.17) is 11.6 Å². The zero-order chi connectivity index (χ0) is 23.9. The van der Waals surface area contributed by atoms with E-state index in [1.807, 2.05) is 24.3 Å². The van der Waals surface area contributed by atoms with E-state index in [1.54, 1.807) is 24.3 Å². The van der Waals surface area contributed by atoms with Gasteiger partial charge in [0, 0.05) is 12.5 Å². The van der Waals surface area contributed by atoms with Crippen LogP contribution in [-0.4, -0.2) is 52.6 Å². The lowest BCUT2D eigenvalue weighted by atomic mass is 9.91. The Morgan fingerprint density at radius 3 is 2.21 bits per heavy atom. The minimum atomic E-state index is -1.50. The normalized spacial score (nSPS) is 20.3. The second kappa shape index (κ2) is 8.75. The second-order valence-electron chi connectivity index (χ2n) is 8.53. The highest BCUT2D eigenvalue weighted by molar-refractivity contribution is 6.28. The lowest BCUT2D eigenvalue weighted by molar-refractivity contribution is -0.112. The Balaban J connectivity index is 1.50. The summed E-state index contributed by atoms with van der Waals surface area (Å²) in [7, 11) is 0. The molecule has 34 heavy (non-hydrogen) atoms. The Hall–Kier alpha value is -3.40. The molecule has 1 aliphatic rings. The van der Waals surface area contributed by atoms with Crippen molar-refractivity contribution >= 4 is 28.6 Å². The van der Waals surface area contributed by atoms with Crippen LogP contribution in [0.3, 0.4) is 0 Å². The van der Waals surface area contributed by atoms with E-state index >= 15 is 0 Å². The highest BCUT2D eigenvalue weighted by Crippen LogP contribution is 2.37. The Morgan fingerprint density at radius 1 is 1.03 bits per heavy atom. The van der Waals surface area contributed by atoms with Gasteiger partial charge < -0.3 is 25.7 Å². The number of aromatic nitrogens is 4. The number of aliphatic hydroxyl groups excluding tert-OH is 1. The molecule has 176 valence electrons. The fourth-order valence-corrected chi connectivity index (χ4v) is 4.72. The molecule has 0 saturated heterocycles. The molecule has 2 aromatic carbocycles. The van der Waals surface area contributed by atoms with Crippen molar-refractivity contribution < 1.29 is 20.4 Å². The summed E-state index contributed by atoms with van der Waals surface area (Å²) in [5, 5.41) is 44.1. The first-order valence-electron chi connectivity index (χ1n) is 11.0. The molecule has 5 N–H and O–H groups in total. The van der Waals surface area contributed by atoms with E-state index in [9.17, 15) is 20.4 Å². The summed E-state index contributed by atoms with van der Waals surface area (Å²) in [5.41, 5.74) is 1.15. The summed E-state index contributed by atoms with van der Waals surface area (Å²) in [4.78, 5) is 13.0. The van der Waals surface area contributed by atoms with E-state index in [0.29, 0.717) is 42.8 Å². The maximum Gasteiger partial charge on any atom is 0.226 e. The number of fused-ring (bicyclic) bond motifs is 1. The van der Waals surface area contributed by atoms with Crippen LogP contribution in [0.4, 0.5) is 5.82 Å². The number of aliphatic hydroxyl groups is 2. The predicted octanol–water partition coefficient (Wildman–Crippen LogP) is 3.32. The molecule has 0 amide bonds. The molecule has 2 unspecified atom stereocenters. The number of nitrogens with one attached hydrogen (secondary N) is 1. The number of imidazole rings is 1.